The fraction of sp³-hybridized carbons (Fsp3) is 0.385. The molecule has 0 saturated heterocycles. The number of ether oxygens (including phenoxy) is 3. The lowest BCUT2D eigenvalue weighted by atomic mass is 9.93. The molecule has 0 saturated carbocycles. The van der Waals surface area contributed by atoms with Crippen molar-refractivity contribution in [1.29, 1.82) is 0 Å². The topological polar surface area (TPSA) is 95.2 Å². The molecule has 9 heteroatoms. The Kier molecular flexibility index (Phi) is 7.16. The molecule has 0 fully saturated rings. The standard InChI is InChI=1S/C26H31N3O6/c1-5-34-14-7-13-27-25(31)26(2)17-28-19(21-8-6-15-35-21)10-11-20(28)24(30)29(26)18-9-12-22(32-3)23(16-18)33-4/h6,8-12,15-16H,5,7,13-14,17H2,1-4H3,(H,27,31)/t26-/m0/s1. The van der Waals surface area contributed by atoms with Gasteiger partial charge in [-0.1, -0.05) is 0 Å². The quantitative estimate of drug-likeness (QED) is 0.444. The lowest BCUT2D eigenvalue weighted by Gasteiger charge is -2.44. The second-order valence-corrected chi connectivity index (χ2v) is 8.43. The molecule has 1 aliphatic rings. The Morgan fingerprint density at radius 3 is 2.57 bits per heavy atom. The first-order chi connectivity index (χ1) is 16.9. The van der Waals surface area contributed by atoms with E-state index in [0.29, 0.717) is 54.8 Å². The van der Waals surface area contributed by atoms with Crippen LogP contribution in [0.3, 0.4) is 0 Å². The van der Waals surface area contributed by atoms with Crippen molar-refractivity contribution in [3.8, 4) is 23.0 Å². The average molecular weight is 482 g/mol. The fourth-order valence-corrected chi connectivity index (χ4v) is 4.43. The lowest BCUT2D eigenvalue weighted by molar-refractivity contribution is -0.126. The summed E-state index contributed by atoms with van der Waals surface area (Å²) in [5.41, 5.74) is 0.510. The summed E-state index contributed by atoms with van der Waals surface area (Å²) >= 11 is 0. The number of hydrogen-bond acceptors (Lipinski definition) is 6. The molecule has 1 N–H and O–H groups in total. The number of fused-ring (bicyclic) bond motifs is 1. The molecule has 1 aliphatic heterocycles. The summed E-state index contributed by atoms with van der Waals surface area (Å²) < 4.78 is 23.6. The van der Waals surface area contributed by atoms with E-state index in [4.69, 9.17) is 18.6 Å². The van der Waals surface area contributed by atoms with Crippen molar-refractivity contribution >= 4 is 17.5 Å². The van der Waals surface area contributed by atoms with Crippen LogP contribution in [0.5, 0.6) is 11.5 Å². The molecule has 2 aromatic heterocycles. The van der Waals surface area contributed by atoms with E-state index in [-0.39, 0.29) is 18.4 Å². The number of furan rings is 1. The highest BCUT2D eigenvalue weighted by molar-refractivity contribution is 6.12. The van der Waals surface area contributed by atoms with E-state index in [2.05, 4.69) is 5.32 Å². The van der Waals surface area contributed by atoms with Crippen molar-refractivity contribution in [2.45, 2.75) is 32.4 Å². The van der Waals surface area contributed by atoms with E-state index in [0.717, 1.165) is 5.69 Å². The lowest BCUT2D eigenvalue weighted by Crippen LogP contribution is -2.64. The number of aromatic nitrogens is 1. The smallest absolute Gasteiger partial charge is 0.275 e. The first kappa shape index (κ1) is 24.4. The number of amides is 2. The summed E-state index contributed by atoms with van der Waals surface area (Å²) in [5.74, 6) is 1.07. The summed E-state index contributed by atoms with van der Waals surface area (Å²) in [6.45, 7) is 5.55. The van der Waals surface area contributed by atoms with Gasteiger partial charge in [0.2, 0.25) is 5.91 Å². The Balaban J connectivity index is 1.75. The predicted molar refractivity (Wildman–Crippen MR) is 131 cm³/mol. The molecule has 0 unspecified atom stereocenters. The minimum atomic E-state index is -1.23. The molecule has 3 heterocycles. The molecule has 4 rings (SSSR count). The number of nitrogens with one attached hydrogen (secondary N) is 1. The molecular formula is C26H31N3O6. The van der Waals surface area contributed by atoms with Crippen LogP contribution in [0, 0.1) is 0 Å². The maximum absolute atomic E-state index is 13.9. The summed E-state index contributed by atoms with van der Waals surface area (Å²) in [6.07, 6.45) is 2.26. The van der Waals surface area contributed by atoms with Gasteiger partial charge in [-0.05, 0) is 56.7 Å². The van der Waals surface area contributed by atoms with Crippen molar-refractivity contribution in [2.24, 2.45) is 0 Å². The molecule has 0 radical (unpaired) electrons. The van der Waals surface area contributed by atoms with E-state index in [9.17, 15) is 9.59 Å². The van der Waals surface area contributed by atoms with E-state index in [1.165, 1.54) is 12.0 Å². The number of methoxy groups -OCH3 is 2. The zero-order valence-electron chi connectivity index (χ0n) is 20.5. The van der Waals surface area contributed by atoms with Gasteiger partial charge in [-0.3, -0.25) is 14.5 Å². The van der Waals surface area contributed by atoms with Crippen LogP contribution in [0.2, 0.25) is 0 Å². The van der Waals surface area contributed by atoms with Crippen LogP contribution in [0.15, 0.2) is 53.1 Å². The molecule has 0 aliphatic carbocycles. The third kappa shape index (κ3) is 4.51. The fourth-order valence-electron chi connectivity index (χ4n) is 4.43. The third-order valence-electron chi connectivity index (χ3n) is 6.21. The van der Waals surface area contributed by atoms with Gasteiger partial charge in [-0.15, -0.1) is 0 Å². The SMILES string of the molecule is CCOCCCNC(=O)[C@]1(C)Cn2c(ccc2-c2ccco2)C(=O)N1c1ccc(OC)c(OC)c1. The Hall–Kier alpha value is -3.72. The molecule has 2 amide bonds. The Morgan fingerprint density at radius 2 is 1.89 bits per heavy atom. The number of carbonyl (C=O) groups is 2. The van der Waals surface area contributed by atoms with E-state index >= 15 is 0 Å². The Morgan fingerprint density at radius 1 is 1.11 bits per heavy atom. The highest BCUT2D eigenvalue weighted by Crippen LogP contribution is 2.39. The molecule has 1 atom stereocenters. The molecule has 0 spiro atoms. The maximum atomic E-state index is 13.9. The monoisotopic (exact) mass is 481 g/mol. The Labute approximate surface area is 204 Å². The van der Waals surface area contributed by atoms with Gasteiger partial charge in [-0.25, -0.2) is 0 Å². The number of anilines is 1. The molecule has 186 valence electrons. The van der Waals surface area contributed by atoms with Crippen molar-refractivity contribution in [1.82, 2.24) is 9.88 Å². The van der Waals surface area contributed by atoms with E-state index < -0.39 is 5.54 Å². The zero-order valence-corrected chi connectivity index (χ0v) is 20.5. The number of carbonyl (C=O) groups excluding carboxylic acids is 2. The van der Waals surface area contributed by atoms with Crippen LogP contribution >= 0.6 is 0 Å². The van der Waals surface area contributed by atoms with Gasteiger partial charge >= 0.3 is 0 Å². The van der Waals surface area contributed by atoms with Gasteiger partial charge in [0.25, 0.3) is 5.91 Å². The van der Waals surface area contributed by atoms with Gasteiger partial charge in [0.05, 0.1) is 32.7 Å². The van der Waals surface area contributed by atoms with Crippen LogP contribution < -0.4 is 19.7 Å². The number of nitrogens with zero attached hydrogens (tertiary/aromatic N) is 2. The average Bonchev–Trinajstić information content (AvgIpc) is 3.53. The molecule has 35 heavy (non-hydrogen) atoms. The highest BCUT2D eigenvalue weighted by Gasteiger charge is 2.49. The van der Waals surface area contributed by atoms with Gasteiger partial charge in [0.1, 0.15) is 17.0 Å². The molecule has 1 aromatic carbocycles. The van der Waals surface area contributed by atoms with Crippen LogP contribution in [0.25, 0.3) is 11.5 Å². The van der Waals surface area contributed by atoms with E-state index in [1.807, 2.05) is 23.6 Å². The van der Waals surface area contributed by atoms with Crippen molar-refractivity contribution in [3.63, 3.8) is 0 Å². The Bertz CT molecular complexity index is 1190. The molecule has 0 bridgehead atoms. The first-order valence-electron chi connectivity index (χ1n) is 11.6. The third-order valence-corrected chi connectivity index (χ3v) is 6.21. The van der Waals surface area contributed by atoms with Gasteiger partial charge in [0, 0.05) is 31.5 Å². The van der Waals surface area contributed by atoms with Crippen LogP contribution in [0.4, 0.5) is 5.69 Å². The molecule has 9 nitrogen and oxygen atoms in total. The summed E-state index contributed by atoms with van der Waals surface area (Å²) in [4.78, 5) is 29.1. The van der Waals surface area contributed by atoms with Crippen LogP contribution in [0.1, 0.15) is 30.8 Å². The van der Waals surface area contributed by atoms with Crippen molar-refractivity contribution < 1.29 is 28.2 Å². The predicted octanol–water partition coefficient (Wildman–Crippen LogP) is 3.73. The second kappa shape index (κ2) is 10.3. The molecular weight excluding hydrogens is 450 g/mol. The van der Waals surface area contributed by atoms with Crippen molar-refractivity contribution in [3.05, 3.63) is 54.4 Å². The number of hydrogen-bond donors (Lipinski definition) is 1. The van der Waals surface area contributed by atoms with Gasteiger partial charge < -0.3 is 28.5 Å². The minimum Gasteiger partial charge on any atom is -0.493 e. The summed E-state index contributed by atoms with van der Waals surface area (Å²) in [7, 11) is 3.08. The van der Waals surface area contributed by atoms with Crippen molar-refractivity contribution in [2.75, 3.05) is 38.9 Å². The van der Waals surface area contributed by atoms with E-state index in [1.54, 1.807) is 50.6 Å². The molecule has 3 aromatic rings. The zero-order chi connectivity index (χ0) is 25.0. The normalized spacial score (nSPS) is 17.3. The first-order valence-corrected chi connectivity index (χ1v) is 11.6. The van der Waals surface area contributed by atoms with Gasteiger partial charge in [-0.2, -0.15) is 0 Å². The summed E-state index contributed by atoms with van der Waals surface area (Å²) in [6, 6.07) is 12.4. The highest BCUT2D eigenvalue weighted by atomic mass is 16.5. The van der Waals surface area contributed by atoms with Gasteiger partial charge in [0.15, 0.2) is 11.5 Å². The maximum Gasteiger partial charge on any atom is 0.275 e. The number of rotatable bonds is 10. The number of benzene rings is 1. The van der Waals surface area contributed by atoms with Crippen LogP contribution in [-0.2, 0) is 16.1 Å². The second-order valence-electron chi connectivity index (χ2n) is 8.43. The largest absolute Gasteiger partial charge is 0.493 e. The van der Waals surface area contributed by atoms with Crippen LogP contribution in [-0.4, -0.2) is 55.9 Å². The summed E-state index contributed by atoms with van der Waals surface area (Å²) in [5, 5.41) is 2.99. The minimum absolute atomic E-state index is 0.239.